The molecule has 1 aliphatic heterocycles. The lowest BCUT2D eigenvalue weighted by molar-refractivity contribution is -0.137. The van der Waals surface area contributed by atoms with Crippen LogP contribution in [0.2, 0.25) is 0 Å². The van der Waals surface area contributed by atoms with E-state index in [9.17, 15) is 27.9 Å². The summed E-state index contributed by atoms with van der Waals surface area (Å²) in [7, 11) is 0. The van der Waals surface area contributed by atoms with Gasteiger partial charge in [0.2, 0.25) is 5.91 Å². The summed E-state index contributed by atoms with van der Waals surface area (Å²) in [6.45, 7) is 0.281. The molecule has 5 rings (SSSR count). The number of benzene rings is 3. The number of aromatic amines is 1. The van der Waals surface area contributed by atoms with E-state index in [0.29, 0.717) is 30.6 Å². The summed E-state index contributed by atoms with van der Waals surface area (Å²) in [5.41, 5.74) is 3.88. The number of hydrogen-bond donors (Lipinski definition) is 3. The largest absolute Gasteiger partial charge is 0.416 e. The first-order valence-corrected chi connectivity index (χ1v) is 11.8. The van der Waals surface area contributed by atoms with Crippen molar-refractivity contribution >= 4 is 22.7 Å². The molecule has 2 amide bonds. The molecule has 0 bridgehead atoms. The number of halogens is 3. The predicted molar refractivity (Wildman–Crippen MR) is 133 cm³/mol. The van der Waals surface area contributed by atoms with Crippen LogP contribution in [-0.2, 0) is 23.9 Å². The molecule has 1 unspecified atom stereocenters. The number of carbonyl (C=O) groups excluding carboxylic acids is 2. The first kappa shape index (κ1) is 24.6. The number of alkyl halides is 3. The van der Waals surface area contributed by atoms with Gasteiger partial charge in [-0.15, -0.1) is 0 Å². The van der Waals surface area contributed by atoms with Crippen LogP contribution in [-0.4, -0.2) is 46.0 Å². The van der Waals surface area contributed by atoms with E-state index in [-0.39, 0.29) is 11.5 Å². The monoisotopic (exact) mass is 507 g/mol. The minimum atomic E-state index is -4.41. The van der Waals surface area contributed by atoms with Gasteiger partial charge in [-0.05, 0) is 53.4 Å². The van der Waals surface area contributed by atoms with Crippen molar-refractivity contribution in [2.45, 2.75) is 25.2 Å². The third-order valence-electron chi connectivity index (χ3n) is 6.67. The van der Waals surface area contributed by atoms with Crippen LogP contribution in [0.25, 0.3) is 22.0 Å². The lowest BCUT2D eigenvalue weighted by atomic mass is 10.0. The Morgan fingerprint density at radius 3 is 2.27 bits per heavy atom. The standard InChI is InChI=1S/C28H24F3N3O3/c29-28(30,31)20-11-9-18(10-12-20)17-5-7-19(8-6-17)26(36)33-25(16-35)27(37)34-14-13-22-21-3-1-2-4-23(21)32-24(22)15-34/h1-12,25,32,35H,13-16H2,(H,33,36). The fourth-order valence-corrected chi connectivity index (χ4v) is 4.69. The molecular formula is C28H24F3N3O3. The second kappa shape index (κ2) is 9.74. The van der Waals surface area contributed by atoms with Crippen LogP contribution in [0.4, 0.5) is 13.2 Å². The van der Waals surface area contributed by atoms with Gasteiger partial charge >= 0.3 is 6.18 Å². The minimum absolute atomic E-state index is 0.262. The lowest BCUT2D eigenvalue weighted by Gasteiger charge is -2.30. The van der Waals surface area contributed by atoms with Gasteiger partial charge in [-0.1, -0.05) is 42.5 Å². The van der Waals surface area contributed by atoms with Gasteiger partial charge in [-0.3, -0.25) is 9.59 Å². The van der Waals surface area contributed by atoms with Crippen LogP contribution in [0.15, 0.2) is 72.8 Å². The average molecular weight is 508 g/mol. The van der Waals surface area contributed by atoms with Crippen molar-refractivity contribution in [1.82, 2.24) is 15.2 Å². The highest BCUT2D eigenvalue weighted by molar-refractivity contribution is 5.98. The zero-order valence-corrected chi connectivity index (χ0v) is 19.7. The maximum atomic E-state index is 13.1. The number of carbonyl (C=O) groups is 2. The van der Waals surface area contributed by atoms with Crippen molar-refractivity contribution in [2.24, 2.45) is 0 Å². The van der Waals surface area contributed by atoms with Gasteiger partial charge in [0, 0.05) is 28.7 Å². The van der Waals surface area contributed by atoms with Crippen LogP contribution in [0.1, 0.15) is 27.2 Å². The molecule has 1 aromatic heterocycles. The summed E-state index contributed by atoms with van der Waals surface area (Å²) in [6.07, 6.45) is -3.74. The number of para-hydroxylation sites is 1. The molecule has 0 radical (unpaired) electrons. The van der Waals surface area contributed by atoms with Crippen molar-refractivity contribution in [3.8, 4) is 11.1 Å². The molecule has 0 aliphatic carbocycles. The molecule has 3 N–H and O–H groups in total. The predicted octanol–water partition coefficient (Wildman–Crippen LogP) is 4.53. The van der Waals surface area contributed by atoms with Gasteiger partial charge in [0.15, 0.2) is 0 Å². The Morgan fingerprint density at radius 1 is 0.973 bits per heavy atom. The third-order valence-corrected chi connectivity index (χ3v) is 6.67. The summed E-state index contributed by atoms with van der Waals surface area (Å²) >= 11 is 0. The molecule has 190 valence electrons. The van der Waals surface area contributed by atoms with Gasteiger partial charge in [0.1, 0.15) is 6.04 Å². The Hall–Kier alpha value is -4.11. The van der Waals surface area contributed by atoms with Crippen molar-refractivity contribution in [3.05, 3.63) is 95.2 Å². The molecule has 1 atom stereocenters. The van der Waals surface area contributed by atoms with Gasteiger partial charge in [-0.25, -0.2) is 0 Å². The molecule has 0 spiro atoms. The van der Waals surface area contributed by atoms with E-state index in [1.807, 2.05) is 24.3 Å². The number of H-pyrrole nitrogens is 1. The molecule has 2 heterocycles. The maximum absolute atomic E-state index is 13.1. The third kappa shape index (κ3) is 4.95. The summed E-state index contributed by atoms with van der Waals surface area (Å²) < 4.78 is 38.4. The van der Waals surface area contributed by atoms with Crippen LogP contribution in [0.5, 0.6) is 0 Å². The van der Waals surface area contributed by atoms with Gasteiger partial charge < -0.3 is 20.3 Å². The molecule has 1 aliphatic rings. The number of fused-ring (bicyclic) bond motifs is 3. The maximum Gasteiger partial charge on any atom is 0.416 e. The van der Waals surface area contributed by atoms with Crippen molar-refractivity contribution in [1.29, 1.82) is 0 Å². The number of amides is 2. The van der Waals surface area contributed by atoms with Crippen molar-refractivity contribution < 1.29 is 27.9 Å². The van der Waals surface area contributed by atoms with E-state index < -0.39 is 30.3 Å². The van der Waals surface area contributed by atoms with Crippen LogP contribution in [0, 0.1) is 0 Å². The molecule has 3 aromatic carbocycles. The Labute approximate surface area is 210 Å². The summed E-state index contributed by atoms with van der Waals surface area (Å²) in [5.74, 6) is -0.906. The molecule has 4 aromatic rings. The molecule has 37 heavy (non-hydrogen) atoms. The van der Waals surface area contributed by atoms with E-state index in [0.717, 1.165) is 28.7 Å². The Kier molecular flexibility index (Phi) is 6.47. The highest BCUT2D eigenvalue weighted by Gasteiger charge is 2.31. The van der Waals surface area contributed by atoms with E-state index in [1.54, 1.807) is 17.0 Å². The number of aliphatic hydroxyl groups excluding tert-OH is 1. The van der Waals surface area contributed by atoms with E-state index in [1.165, 1.54) is 29.8 Å². The van der Waals surface area contributed by atoms with E-state index >= 15 is 0 Å². The SMILES string of the molecule is O=C(NC(CO)C(=O)N1CCc2c([nH]c3ccccc23)C1)c1ccc(-c2ccc(C(F)(F)F)cc2)cc1. The molecular weight excluding hydrogens is 483 g/mol. The average Bonchev–Trinajstić information content (AvgIpc) is 3.29. The second-order valence-electron chi connectivity index (χ2n) is 9.00. The highest BCUT2D eigenvalue weighted by atomic mass is 19.4. The number of nitrogens with zero attached hydrogens (tertiary/aromatic N) is 1. The highest BCUT2D eigenvalue weighted by Crippen LogP contribution is 2.31. The number of aliphatic hydroxyl groups is 1. The van der Waals surface area contributed by atoms with Crippen molar-refractivity contribution in [2.75, 3.05) is 13.2 Å². The summed E-state index contributed by atoms with van der Waals surface area (Å²) in [6, 6.07) is 17.9. The summed E-state index contributed by atoms with van der Waals surface area (Å²) in [5, 5.41) is 13.6. The fraction of sp³-hybridized carbons (Fsp3) is 0.214. The van der Waals surface area contributed by atoms with Gasteiger partial charge in [-0.2, -0.15) is 13.2 Å². The van der Waals surface area contributed by atoms with E-state index in [4.69, 9.17) is 0 Å². The molecule has 0 fully saturated rings. The molecule has 0 saturated heterocycles. The minimum Gasteiger partial charge on any atom is -0.394 e. The molecule has 0 saturated carbocycles. The smallest absolute Gasteiger partial charge is 0.394 e. The quantitative estimate of drug-likeness (QED) is 0.371. The Bertz CT molecular complexity index is 1440. The second-order valence-corrected chi connectivity index (χ2v) is 9.00. The Morgan fingerprint density at radius 2 is 1.62 bits per heavy atom. The molecule has 9 heteroatoms. The lowest BCUT2D eigenvalue weighted by Crippen LogP contribution is -2.51. The van der Waals surface area contributed by atoms with Crippen molar-refractivity contribution in [3.63, 3.8) is 0 Å². The van der Waals surface area contributed by atoms with Gasteiger partial charge in [0.05, 0.1) is 18.7 Å². The zero-order valence-electron chi connectivity index (χ0n) is 19.7. The summed E-state index contributed by atoms with van der Waals surface area (Å²) in [4.78, 5) is 30.9. The first-order valence-electron chi connectivity index (χ1n) is 11.8. The van der Waals surface area contributed by atoms with Gasteiger partial charge in [0.25, 0.3) is 5.91 Å². The van der Waals surface area contributed by atoms with Crippen LogP contribution < -0.4 is 5.32 Å². The van der Waals surface area contributed by atoms with Crippen LogP contribution >= 0.6 is 0 Å². The number of nitrogens with one attached hydrogen (secondary N) is 2. The molecule has 6 nitrogen and oxygen atoms in total. The number of rotatable bonds is 5. The van der Waals surface area contributed by atoms with Crippen LogP contribution in [0.3, 0.4) is 0 Å². The zero-order chi connectivity index (χ0) is 26.2. The topological polar surface area (TPSA) is 85.4 Å². The first-order chi connectivity index (χ1) is 17.7. The fourth-order valence-electron chi connectivity index (χ4n) is 4.69. The van der Waals surface area contributed by atoms with E-state index in [2.05, 4.69) is 10.3 Å². The normalized spacial score (nSPS) is 14.3. The number of aromatic nitrogens is 1. The Balaban J connectivity index is 1.24. The number of hydrogen-bond acceptors (Lipinski definition) is 3.